The highest BCUT2D eigenvalue weighted by Crippen LogP contribution is 2.15. The fourth-order valence-electron chi connectivity index (χ4n) is 1.85. The number of rotatable bonds is 6. The van der Waals surface area contributed by atoms with E-state index in [1.165, 1.54) is 17.3 Å². The van der Waals surface area contributed by atoms with Gasteiger partial charge in [-0.2, -0.15) is 24.7 Å². The number of halogens is 1. The van der Waals surface area contributed by atoms with E-state index in [9.17, 15) is 0 Å². The van der Waals surface area contributed by atoms with E-state index in [0.717, 1.165) is 6.54 Å². The first-order valence-electron chi connectivity index (χ1n) is 6.17. The van der Waals surface area contributed by atoms with Gasteiger partial charge in [0.1, 0.15) is 12.7 Å². The van der Waals surface area contributed by atoms with Crippen LogP contribution in [0.3, 0.4) is 0 Å². The van der Waals surface area contributed by atoms with Crippen molar-refractivity contribution in [2.75, 3.05) is 25.2 Å². The minimum absolute atomic E-state index is 0.114. The summed E-state index contributed by atoms with van der Waals surface area (Å²) in [4.78, 5) is 18.4. The van der Waals surface area contributed by atoms with E-state index in [0.29, 0.717) is 18.5 Å². The summed E-state index contributed by atoms with van der Waals surface area (Å²) in [6.45, 7) is 5.33. The molecule has 0 saturated heterocycles. The molecule has 108 valence electrons. The quantitative estimate of drug-likeness (QED) is 0.785. The fourth-order valence-corrected chi connectivity index (χ4v) is 2.00. The van der Waals surface area contributed by atoms with Crippen LogP contribution >= 0.6 is 11.6 Å². The molecule has 2 aromatic heterocycles. The molecule has 2 heterocycles. The molecule has 1 unspecified atom stereocenters. The molecule has 0 radical (unpaired) electrons. The summed E-state index contributed by atoms with van der Waals surface area (Å²) >= 11 is 5.97. The van der Waals surface area contributed by atoms with Crippen LogP contribution < -0.4 is 4.90 Å². The molecule has 0 bridgehead atoms. The number of nitrogens with zero attached hydrogens (tertiary/aromatic N) is 7. The molecule has 0 fully saturated rings. The average molecular weight is 298 g/mol. The second-order valence-corrected chi connectivity index (χ2v) is 4.47. The summed E-state index contributed by atoms with van der Waals surface area (Å²) in [7, 11) is 1.66. The van der Waals surface area contributed by atoms with Gasteiger partial charge in [0, 0.05) is 13.7 Å². The second kappa shape index (κ2) is 6.58. The lowest BCUT2D eigenvalue weighted by atomic mass is 10.3. The highest BCUT2D eigenvalue weighted by atomic mass is 35.5. The standard InChI is InChI=1S/C11H16ClN7O/c1-4-18(8(2)5-20-3)10-15-9(12)16-11(17-10)19-7-13-6-14-19/h6-8H,4-5H2,1-3H3. The maximum Gasteiger partial charge on any atom is 0.258 e. The molecular formula is C11H16ClN7O. The van der Waals surface area contributed by atoms with Gasteiger partial charge in [-0.15, -0.1) is 0 Å². The summed E-state index contributed by atoms with van der Waals surface area (Å²) in [5, 5.41) is 4.10. The van der Waals surface area contributed by atoms with Crippen LogP contribution in [0.4, 0.5) is 5.95 Å². The van der Waals surface area contributed by atoms with Crippen molar-refractivity contribution >= 4 is 17.5 Å². The molecule has 0 aromatic carbocycles. The van der Waals surface area contributed by atoms with Crippen molar-refractivity contribution in [2.24, 2.45) is 0 Å². The Labute approximate surface area is 121 Å². The maximum atomic E-state index is 5.97. The predicted octanol–water partition coefficient (Wildman–Crippen LogP) is 0.967. The van der Waals surface area contributed by atoms with Gasteiger partial charge in [-0.3, -0.25) is 0 Å². The van der Waals surface area contributed by atoms with Crippen LogP contribution in [-0.2, 0) is 4.74 Å². The van der Waals surface area contributed by atoms with Crippen molar-refractivity contribution in [1.29, 1.82) is 0 Å². The van der Waals surface area contributed by atoms with E-state index in [2.05, 4.69) is 25.0 Å². The summed E-state index contributed by atoms with van der Waals surface area (Å²) in [6, 6.07) is 0.118. The summed E-state index contributed by atoms with van der Waals surface area (Å²) in [5.41, 5.74) is 0. The van der Waals surface area contributed by atoms with Gasteiger partial charge >= 0.3 is 0 Å². The molecule has 0 aliphatic rings. The van der Waals surface area contributed by atoms with Gasteiger partial charge in [0.15, 0.2) is 0 Å². The van der Waals surface area contributed by atoms with Crippen molar-refractivity contribution in [3.05, 3.63) is 17.9 Å². The molecule has 9 heteroatoms. The molecule has 0 aliphatic heterocycles. The van der Waals surface area contributed by atoms with Crippen LogP contribution in [0.15, 0.2) is 12.7 Å². The lowest BCUT2D eigenvalue weighted by molar-refractivity contribution is 0.181. The van der Waals surface area contributed by atoms with Crippen LogP contribution in [-0.4, -0.2) is 56.0 Å². The van der Waals surface area contributed by atoms with E-state index >= 15 is 0 Å². The van der Waals surface area contributed by atoms with Crippen LogP contribution in [0, 0.1) is 0 Å². The molecule has 8 nitrogen and oxygen atoms in total. The van der Waals surface area contributed by atoms with Crippen molar-refractivity contribution in [3.63, 3.8) is 0 Å². The van der Waals surface area contributed by atoms with Crippen LogP contribution in [0.1, 0.15) is 13.8 Å². The van der Waals surface area contributed by atoms with Crippen molar-refractivity contribution in [2.45, 2.75) is 19.9 Å². The van der Waals surface area contributed by atoms with Crippen molar-refractivity contribution in [3.8, 4) is 5.95 Å². The molecule has 0 aliphatic carbocycles. The number of hydrogen-bond donors (Lipinski definition) is 0. The van der Waals surface area contributed by atoms with Crippen LogP contribution in [0.5, 0.6) is 0 Å². The zero-order valence-electron chi connectivity index (χ0n) is 11.6. The molecule has 2 rings (SSSR count). The van der Waals surface area contributed by atoms with Crippen molar-refractivity contribution < 1.29 is 4.74 Å². The smallest absolute Gasteiger partial charge is 0.258 e. The third-order valence-electron chi connectivity index (χ3n) is 2.75. The number of likely N-dealkylation sites (N-methyl/N-ethyl adjacent to an activating group) is 1. The van der Waals surface area contributed by atoms with Gasteiger partial charge in [-0.05, 0) is 25.4 Å². The molecule has 0 N–H and O–H groups in total. The topological polar surface area (TPSA) is 81.9 Å². The zero-order valence-corrected chi connectivity index (χ0v) is 12.3. The van der Waals surface area contributed by atoms with Gasteiger partial charge in [0.25, 0.3) is 5.95 Å². The lowest BCUT2D eigenvalue weighted by Gasteiger charge is -2.27. The first-order chi connectivity index (χ1) is 9.65. The summed E-state index contributed by atoms with van der Waals surface area (Å²) < 4.78 is 6.60. The Morgan fingerprint density at radius 1 is 1.40 bits per heavy atom. The SMILES string of the molecule is CCN(c1nc(Cl)nc(-n2cncn2)n1)C(C)COC. The number of methoxy groups -OCH3 is 1. The van der Waals surface area contributed by atoms with Crippen LogP contribution in [0.25, 0.3) is 5.95 Å². The number of anilines is 1. The van der Waals surface area contributed by atoms with Gasteiger partial charge in [0.05, 0.1) is 12.6 Å². The maximum absolute atomic E-state index is 5.97. The average Bonchev–Trinajstić information content (AvgIpc) is 2.93. The molecular weight excluding hydrogens is 282 g/mol. The number of hydrogen-bond acceptors (Lipinski definition) is 7. The Bertz CT molecular complexity index is 548. The molecule has 0 spiro atoms. The van der Waals surface area contributed by atoms with Gasteiger partial charge in [-0.1, -0.05) is 0 Å². The molecule has 1 atom stereocenters. The lowest BCUT2D eigenvalue weighted by Crippen LogP contribution is -2.37. The molecule has 2 aromatic rings. The normalized spacial score (nSPS) is 12.4. The van der Waals surface area contributed by atoms with E-state index in [-0.39, 0.29) is 11.3 Å². The van der Waals surface area contributed by atoms with Crippen molar-refractivity contribution in [1.82, 2.24) is 29.7 Å². The Balaban J connectivity index is 2.35. The molecule has 20 heavy (non-hydrogen) atoms. The van der Waals surface area contributed by atoms with Gasteiger partial charge < -0.3 is 9.64 Å². The third-order valence-corrected chi connectivity index (χ3v) is 2.91. The molecule has 0 saturated carbocycles. The monoisotopic (exact) mass is 297 g/mol. The van der Waals surface area contributed by atoms with Crippen LogP contribution in [0.2, 0.25) is 5.28 Å². The largest absolute Gasteiger partial charge is 0.383 e. The minimum Gasteiger partial charge on any atom is -0.383 e. The third kappa shape index (κ3) is 3.20. The van der Waals surface area contributed by atoms with E-state index < -0.39 is 0 Å². The zero-order chi connectivity index (χ0) is 14.5. The predicted molar refractivity (Wildman–Crippen MR) is 74.1 cm³/mol. The Morgan fingerprint density at radius 2 is 2.20 bits per heavy atom. The van der Waals surface area contributed by atoms with E-state index in [1.54, 1.807) is 7.11 Å². The van der Waals surface area contributed by atoms with Gasteiger partial charge in [-0.25, -0.2) is 4.98 Å². The Hall–Kier alpha value is -1.80. The molecule has 0 amide bonds. The van der Waals surface area contributed by atoms with E-state index in [4.69, 9.17) is 16.3 Å². The minimum atomic E-state index is 0.114. The first kappa shape index (κ1) is 14.6. The highest BCUT2D eigenvalue weighted by Gasteiger charge is 2.18. The second-order valence-electron chi connectivity index (χ2n) is 4.13. The summed E-state index contributed by atoms with van der Waals surface area (Å²) in [5.74, 6) is 0.822. The number of ether oxygens (including phenoxy) is 1. The Kier molecular flexibility index (Phi) is 4.80. The first-order valence-corrected chi connectivity index (χ1v) is 6.55. The fraction of sp³-hybridized carbons (Fsp3) is 0.545. The van der Waals surface area contributed by atoms with Gasteiger partial charge in [0.2, 0.25) is 11.2 Å². The van der Waals surface area contributed by atoms with E-state index in [1.807, 2.05) is 18.7 Å². The highest BCUT2D eigenvalue weighted by molar-refractivity contribution is 6.28. The number of aromatic nitrogens is 6. The summed E-state index contributed by atoms with van der Waals surface area (Å²) in [6.07, 6.45) is 2.91. The Morgan fingerprint density at radius 3 is 2.80 bits per heavy atom.